The highest BCUT2D eigenvalue weighted by Gasteiger charge is 2.22. The molecule has 3 rings (SSSR count). The largest absolute Gasteiger partial charge is 0.370 e. The zero-order valence-corrected chi connectivity index (χ0v) is 11.1. The standard InChI is InChI=1S/C13H20N6/c14-12(17-11-3-1-4-11)18-7-9-19(10-8-18)13-15-5-2-6-16-13/h2,5-6,11H,1,3-4,7-10H2,(H2,14,17). The second-order valence-corrected chi connectivity index (χ2v) is 5.09. The molecule has 102 valence electrons. The average molecular weight is 260 g/mol. The highest BCUT2D eigenvalue weighted by atomic mass is 15.4. The van der Waals surface area contributed by atoms with E-state index in [4.69, 9.17) is 5.73 Å². The number of anilines is 1. The molecule has 19 heavy (non-hydrogen) atoms. The van der Waals surface area contributed by atoms with Gasteiger partial charge in [-0.25, -0.2) is 15.0 Å². The van der Waals surface area contributed by atoms with Crippen molar-refractivity contribution in [2.75, 3.05) is 31.1 Å². The first-order valence-corrected chi connectivity index (χ1v) is 6.93. The molecule has 0 unspecified atom stereocenters. The Balaban J connectivity index is 1.55. The third kappa shape index (κ3) is 2.77. The van der Waals surface area contributed by atoms with E-state index in [2.05, 4.69) is 24.8 Å². The van der Waals surface area contributed by atoms with Gasteiger partial charge < -0.3 is 15.5 Å². The first-order chi connectivity index (χ1) is 9.33. The van der Waals surface area contributed by atoms with Crippen LogP contribution in [0.5, 0.6) is 0 Å². The van der Waals surface area contributed by atoms with Gasteiger partial charge in [0.15, 0.2) is 5.96 Å². The van der Waals surface area contributed by atoms with Gasteiger partial charge in [0.05, 0.1) is 6.04 Å². The van der Waals surface area contributed by atoms with Crippen molar-refractivity contribution in [2.45, 2.75) is 25.3 Å². The molecule has 0 radical (unpaired) electrons. The molecule has 0 atom stereocenters. The highest BCUT2D eigenvalue weighted by molar-refractivity contribution is 5.78. The van der Waals surface area contributed by atoms with E-state index in [1.54, 1.807) is 12.4 Å². The first kappa shape index (κ1) is 12.2. The number of nitrogens with zero attached hydrogens (tertiary/aromatic N) is 5. The molecule has 2 N–H and O–H groups in total. The van der Waals surface area contributed by atoms with Crippen molar-refractivity contribution >= 4 is 11.9 Å². The van der Waals surface area contributed by atoms with E-state index in [1.807, 2.05) is 6.07 Å². The van der Waals surface area contributed by atoms with Crippen molar-refractivity contribution in [1.29, 1.82) is 0 Å². The van der Waals surface area contributed by atoms with Crippen LogP contribution < -0.4 is 10.6 Å². The zero-order valence-electron chi connectivity index (χ0n) is 11.1. The average Bonchev–Trinajstić information content (AvgIpc) is 2.44. The fraction of sp³-hybridized carbons (Fsp3) is 0.615. The number of guanidine groups is 1. The van der Waals surface area contributed by atoms with Crippen LogP contribution in [-0.4, -0.2) is 53.0 Å². The fourth-order valence-electron chi connectivity index (χ4n) is 2.37. The zero-order chi connectivity index (χ0) is 13.1. The van der Waals surface area contributed by atoms with E-state index in [9.17, 15) is 0 Å². The van der Waals surface area contributed by atoms with E-state index >= 15 is 0 Å². The Bertz CT molecular complexity index is 434. The van der Waals surface area contributed by atoms with Crippen LogP contribution in [0.3, 0.4) is 0 Å². The van der Waals surface area contributed by atoms with Gasteiger partial charge in [-0.3, -0.25) is 0 Å². The molecule has 0 aromatic carbocycles. The van der Waals surface area contributed by atoms with E-state index in [-0.39, 0.29) is 0 Å². The van der Waals surface area contributed by atoms with Crippen LogP contribution in [0.1, 0.15) is 19.3 Å². The third-order valence-electron chi connectivity index (χ3n) is 3.83. The monoisotopic (exact) mass is 260 g/mol. The lowest BCUT2D eigenvalue weighted by Gasteiger charge is -2.36. The number of nitrogens with two attached hydrogens (primary N) is 1. The number of aliphatic imine (C=N–C) groups is 1. The molecule has 1 aromatic heterocycles. The van der Waals surface area contributed by atoms with Crippen LogP contribution in [0.15, 0.2) is 23.5 Å². The minimum atomic E-state index is 0.468. The maximum Gasteiger partial charge on any atom is 0.225 e. The first-order valence-electron chi connectivity index (χ1n) is 6.93. The molecule has 1 saturated carbocycles. The molecule has 0 spiro atoms. The highest BCUT2D eigenvalue weighted by Crippen LogP contribution is 2.22. The summed E-state index contributed by atoms with van der Waals surface area (Å²) in [7, 11) is 0. The van der Waals surface area contributed by atoms with Gasteiger partial charge in [0, 0.05) is 38.6 Å². The van der Waals surface area contributed by atoms with Gasteiger partial charge in [-0.2, -0.15) is 0 Å². The summed E-state index contributed by atoms with van der Waals surface area (Å²) in [6, 6.07) is 2.30. The second kappa shape index (κ2) is 5.42. The van der Waals surface area contributed by atoms with E-state index in [0.717, 1.165) is 32.1 Å². The molecule has 6 nitrogen and oxygen atoms in total. The quantitative estimate of drug-likeness (QED) is 0.618. The number of piperazine rings is 1. The number of aromatic nitrogens is 2. The Hall–Kier alpha value is -1.85. The summed E-state index contributed by atoms with van der Waals surface area (Å²) in [5.74, 6) is 1.51. The number of rotatable bonds is 2. The van der Waals surface area contributed by atoms with Crippen LogP contribution in [0, 0.1) is 0 Å². The van der Waals surface area contributed by atoms with Gasteiger partial charge in [-0.1, -0.05) is 0 Å². The third-order valence-corrected chi connectivity index (χ3v) is 3.83. The number of hydrogen-bond donors (Lipinski definition) is 1. The summed E-state index contributed by atoms with van der Waals surface area (Å²) < 4.78 is 0. The SMILES string of the molecule is NC(=NC1CCC1)N1CCN(c2ncccn2)CC1. The van der Waals surface area contributed by atoms with Crippen molar-refractivity contribution in [2.24, 2.45) is 10.7 Å². The summed E-state index contributed by atoms with van der Waals surface area (Å²) in [5.41, 5.74) is 6.07. The molecule has 0 amide bonds. The summed E-state index contributed by atoms with van der Waals surface area (Å²) in [4.78, 5) is 17.5. The van der Waals surface area contributed by atoms with Crippen LogP contribution >= 0.6 is 0 Å². The molecule has 1 saturated heterocycles. The van der Waals surface area contributed by atoms with Crippen LogP contribution in [0.4, 0.5) is 5.95 Å². The molecule has 2 aliphatic rings. The molecule has 1 aliphatic carbocycles. The summed E-state index contributed by atoms with van der Waals surface area (Å²) in [6.45, 7) is 3.57. The Labute approximate surface area is 113 Å². The van der Waals surface area contributed by atoms with Crippen molar-refractivity contribution < 1.29 is 0 Å². The van der Waals surface area contributed by atoms with Gasteiger partial charge in [-0.05, 0) is 25.3 Å². The molecular weight excluding hydrogens is 240 g/mol. The Morgan fingerprint density at radius 1 is 1.16 bits per heavy atom. The Kier molecular flexibility index (Phi) is 3.48. The predicted octanol–water partition coefficient (Wildman–Crippen LogP) is 0.466. The number of hydrogen-bond acceptors (Lipinski definition) is 4. The smallest absolute Gasteiger partial charge is 0.225 e. The Morgan fingerprint density at radius 3 is 2.42 bits per heavy atom. The molecule has 2 fully saturated rings. The molecule has 1 aliphatic heterocycles. The van der Waals surface area contributed by atoms with Crippen LogP contribution in [0.25, 0.3) is 0 Å². The topological polar surface area (TPSA) is 70.6 Å². The predicted molar refractivity (Wildman–Crippen MR) is 75.1 cm³/mol. The van der Waals surface area contributed by atoms with Gasteiger partial charge in [-0.15, -0.1) is 0 Å². The van der Waals surface area contributed by atoms with Crippen LogP contribution in [0.2, 0.25) is 0 Å². The second-order valence-electron chi connectivity index (χ2n) is 5.09. The Morgan fingerprint density at radius 2 is 1.84 bits per heavy atom. The minimum Gasteiger partial charge on any atom is -0.370 e. The van der Waals surface area contributed by atoms with Gasteiger partial charge in [0.1, 0.15) is 0 Å². The normalized spacial score (nSPS) is 21.4. The fourth-order valence-corrected chi connectivity index (χ4v) is 2.37. The van der Waals surface area contributed by atoms with Crippen molar-refractivity contribution in [1.82, 2.24) is 14.9 Å². The van der Waals surface area contributed by atoms with Crippen molar-refractivity contribution in [3.8, 4) is 0 Å². The van der Waals surface area contributed by atoms with E-state index in [1.165, 1.54) is 19.3 Å². The molecule has 6 heteroatoms. The lowest BCUT2D eigenvalue weighted by Crippen LogP contribution is -2.52. The maximum atomic E-state index is 6.07. The molecule has 0 bridgehead atoms. The van der Waals surface area contributed by atoms with Gasteiger partial charge in [0.25, 0.3) is 0 Å². The van der Waals surface area contributed by atoms with Crippen molar-refractivity contribution in [3.05, 3.63) is 18.5 Å². The van der Waals surface area contributed by atoms with Crippen LogP contribution in [-0.2, 0) is 0 Å². The minimum absolute atomic E-state index is 0.468. The summed E-state index contributed by atoms with van der Waals surface area (Å²) >= 11 is 0. The maximum absolute atomic E-state index is 6.07. The lowest BCUT2D eigenvalue weighted by molar-refractivity contribution is 0.364. The van der Waals surface area contributed by atoms with E-state index < -0.39 is 0 Å². The molecule has 1 aromatic rings. The van der Waals surface area contributed by atoms with Gasteiger partial charge >= 0.3 is 0 Å². The summed E-state index contributed by atoms with van der Waals surface area (Å²) in [5, 5.41) is 0. The lowest BCUT2D eigenvalue weighted by atomic mass is 9.94. The van der Waals surface area contributed by atoms with E-state index in [0.29, 0.717) is 12.0 Å². The van der Waals surface area contributed by atoms with Gasteiger partial charge in [0.2, 0.25) is 5.95 Å². The van der Waals surface area contributed by atoms with Crippen molar-refractivity contribution in [3.63, 3.8) is 0 Å². The molecule has 2 heterocycles. The molecular formula is C13H20N6. The summed E-state index contributed by atoms with van der Waals surface area (Å²) in [6.07, 6.45) is 7.24.